The monoisotopic (exact) mass is 347 g/mol. The average molecular weight is 348 g/mol. The van der Waals surface area contributed by atoms with Gasteiger partial charge in [0.25, 0.3) is 0 Å². The fourth-order valence-electron chi connectivity index (χ4n) is 2.96. The molecule has 5 heteroatoms. The predicted molar refractivity (Wildman–Crippen MR) is 91.4 cm³/mol. The summed E-state index contributed by atoms with van der Waals surface area (Å²) in [5.74, 6) is 0.550. The first-order valence-electron chi connectivity index (χ1n) is 7.31. The molecule has 1 aromatic rings. The highest BCUT2D eigenvalue weighted by atomic mass is 35.5. The molecule has 0 radical (unpaired) electrons. The summed E-state index contributed by atoms with van der Waals surface area (Å²) < 4.78 is 12.9. The van der Waals surface area contributed by atoms with Crippen LogP contribution in [-0.4, -0.2) is 15.5 Å². The van der Waals surface area contributed by atoms with Crippen molar-refractivity contribution < 1.29 is 4.21 Å². The van der Waals surface area contributed by atoms with E-state index in [1.165, 1.54) is 0 Å². The summed E-state index contributed by atoms with van der Waals surface area (Å²) in [6, 6.07) is 5.18. The maximum absolute atomic E-state index is 12.9. The van der Waals surface area contributed by atoms with Gasteiger partial charge in [0.05, 0.1) is 26.1 Å². The molecular formula is C16H23Cl2NOS. The van der Waals surface area contributed by atoms with Crippen LogP contribution in [-0.2, 0) is 10.8 Å². The topological polar surface area (TPSA) is 43.1 Å². The Hall–Kier alpha value is -0.0900. The van der Waals surface area contributed by atoms with Crippen LogP contribution in [0.15, 0.2) is 23.1 Å². The molecule has 2 N–H and O–H groups in total. The molecule has 2 nitrogen and oxygen atoms in total. The molecule has 0 aliphatic heterocycles. The second-order valence-electron chi connectivity index (χ2n) is 6.95. The van der Waals surface area contributed by atoms with Gasteiger partial charge in [0.2, 0.25) is 0 Å². The Balaban J connectivity index is 2.21. The van der Waals surface area contributed by atoms with Crippen molar-refractivity contribution in [1.29, 1.82) is 0 Å². The van der Waals surface area contributed by atoms with Crippen LogP contribution < -0.4 is 5.73 Å². The van der Waals surface area contributed by atoms with Crippen molar-refractivity contribution in [2.24, 2.45) is 17.1 Å². The Morgan fingerprint density at radius 1 is 1.19 bits per heavy atom. The van der Waals surface area contributed by atoms with Crippen LogP contribution in [0.1, 0.15) is 40.0 Å². The zero-order valence-corrected chi connectivity index (χ0v) is 15.1. The van der Waals surface area contributed by atoms with Gasteiger partial charge in [-0.05, 0) is 48.8 Å². The summed E-state index contributed by atoms with van der Waals surface area (Å²) in [7, 11) is -1.14. The highest BCUT2D eigenvalue weighted by Gasteiger charge is 2.37. The quantitative estimate of drug-likeness (QED) is 0.846. The normalized spacial score (nSPS) is 28.4. The molecule has 0 heterocycles. The lowest BCUT2D eigenvalue weighted by Gasteiger charge is -2.40. The highest BCUT2D eigenvalue weighted by molar-refractivity contribution is 7.85. The zero-order chi connectivity index (χ0) is 15.8. The van der Waals surface area contributed by atoms with Gasteiger partial charge in [-0.1, -0.05) is 44.0 Å². The van der Waals surface area contributed by atoms with Crippen LogP contribution in [0.2, 0.25) is 10.0 Å². The van der Waals surface area contributed by atoms with Crippen molar-refractivity contribution in [3.63, 3.8) is 0 Å². The Labute approximate surface area is 139 Å². The van der Waals surface area contributed by atoms with E-state index in [4.69, 9.17) is 28.9 Å². The van der Waals surface area contributed by atoms with Gasteiger partial charge >= 0.3 is 0 Å². The van der Waals surface area contributed by atoms with Crippen LogP contribution in [0.4, 0.5) is 0 Å². The molecule has 0 spiro atoms. The summed E-state index contributed by atoms with van der Waals surface area (Å²) in [5.41, 5.74) is 6.46. The lowest BCUT2D eigenvalue weighted by molar-refractivity contribution is 0.173. The molecule has 1 aromatic carbocycles. The van der Waals surface area contributed by atoms with Crippen molar-refractivity contribution in [3.05, 3.63) is 28.2 Å². The SMILES string of the molecule is CC(C)(C)C1CCC(N)C(S(=O)c2ccc(Cl)c(Cl)c2)C1. The second kappa shape index (κ2) is 6.57. The van der Waals surface area contributed by atoms with Gasteiger partial charge in [-0.15, -0.1) is 0 Å². The number of halogens is 2. The zero-order valence-electron chi connectivity index (χ0n) is 12.7. The largest absolute Gasteiger partial charge is 0.327 e. The van der Waals surface area contributed by atoms with E-state index in [0.29, 0.717) is 16.0 Å². The number of rotatable bonds is 2. The standard InChI is InChI=1S/C16H23Cl2NOS/c1-16(2,3)10-4-7-14(19)15(8-10)21(20)11-5-6-12(17)13(18)9-11/h5-6,9-10,14-15H,4,7-8,19H2,1-3H3. The Morgan fingerprint density at radius 3 is 2.43 bits per heavy atom. The molecule has 2 rings (SSSR count). The lowest BCUT2D eigenvalue weighted by Crippen LogP contribution is -2.45. The molecule has 1 fully saturated rings. The third kappa shape index (κ3) is 4.01. The molecule has 1 aliphatic carbocycles. The van der Waals surface area contributed by atoms with E-state index in [1.54, 1.807) is 18.2 Å². The van der Waals surface area contributed by atoms with E-state index in [-0.39, 0.29) is 16.7 Å². The average Bonchev–Trinajstić information content (AvgIpc) is 2.40. The maximum Gasteiger partial charge on any atom is 0.0604 e. The van der Waals surface area contributed by atoms with Crippen molar-refractivity contribution in [2.75, 3.05) is 0 Å². The first kappa shape index (κ1) is 17.3. The molecule has 1 saturated carbocycles. The lowest BCUT2D eigenvalue weighted by atomic mass is 9.71. The molecule has 0 amide bonds. The minimum Gasteiger partial charge on any atom is -0.327 e. The molecule has 118 valence electrons. The molecule has 4 atom stereocenters. The maximum atomic E-state index is 12.9. The van der Waals surface area contributed by atoms with Crippen LogP contribution in [0.25, 0.3) is 0 Å². The number of benzene rings is 1. The van der Waals surface area contributed by atoms with E-state index in [0.717, 1.165) is 24.2 Å². The fourth-order valence-corrected chi connectivity index (χ4v) is 4.97. The minimum atomic E-state index is -1.14. The van der Waals surface area contributed by atoms with Crippen molar-refractivity contribution in [3.8, 4) is 0 Å². The first-order valence-corrected chi connectivity index (χ1v) is 9.28. The van der Waals surface area contributed by atoms with Crippen LogP contribution in [0.5, 0.6) is 0 Å². The Kier molecular flexibility index (Phi) is 5.40. The van der Waals surface area contributed by atoms with E-state index in [2.05, 4.69) is 20.8 Å². The number of hydrogen-bond donors (Lipinski definition) is 1. The van der Waals surface area contributed by atoms with Gasteiger partial charge in [0.1, 0.15) is 0 Å². The summed E-state index contributed by atoms with van der Waals surface area (Å²) in [6.07, 6.45) is 2.94. The van der Waals surface area contributed by atoms with E-state index in [9.17, 15) is 4.21 Å². The van der Waals surface area contributed by atoms with Gasteiger partial charge in [0.15, 0.2) is 0 Å². The second-order valence-corrected chi connectivity index (χ2v) is 9.44. The minimum absolute atomic E-state index is 0.0137. The highest BCUT2D eigenvalue weighted by Crippen LogP contribution is 2.40. The molecule has 0 saturated heterocycles. The third-order valence-corrected chi connectivity index (χ3v) is 7.02. The van der Waals surface area contributed by atoms with Gasteiger partial charge < -0.3 is 5.73 Å². The summed E-state index contributed by atoms with van der Waals surface area (Å²) in [4.78, 5) is 0.722. The van der Waals surface area contributed by atoms with Crippen molar-refractivity contribution in [2.45, 2.75) is 56.2 Å². The number of nitrogens with two attached hydrogens (primary N) is 1. The van der Waals surface area contributed by atoms with Crippen LogP contribution >= 0.6 is 23.2 Å². The molecular weight excluding hydrogens is 325 g/mol. The number of hydrogen-bond acceptors (Lipinski definition) is 2. The Morgan fingerprint density at radius 2 is 1.86 bits per heavy atom. The summed E-state index contributed by atoms with van der Waals surface area (Å²) >= 11 is 12.0. The third-order valence-electron chi connectivity index (χ3n) is 4.47. The van der Waals surface area contributed by atoms with E-state index < -0.39 is 10.8 Å². The molecule has 0 aromatic heterocycles. The van der Waals surface area contributed by atoms with Crippen LogP contribution in [0.3, 0.4) is 0 Å². The summed E-state index contributed by atoms with van der Waals surface area (Å²) in [6.45, 7) is 6.73. The van der Waals surface area contributed by atoms with E-state index in [1.807, 2.05) is 0 Å². The van der Waals surface area contributed by atoms with Gasteiger partial charge in [-0.25, -0.2) is 0 Å². The van der Waals surface area contributed by atoms with Crippen molar-refractivity contribution >= 4 is 34.0 Å². The molecule has 1 aliphatic rings. The van der Waals surface area contributed by atoms with E-state index >= 15 is 0 Å². The molecule has 21 heavy (non-hydrogen) atoms. The van der Waals surface area contributed by atoms with Gasteiger partial charge in [-0.2, -0.15) is 0 Å². The molecule has 4 unspecified atom stereocenters. The Bertz CT molecular complexity index is 542. The fraction of sp³-hybridized carbons (Fsp3) is 0.625. The van der Waals surface area contributed by atoms with Crippen LogP contribution in [0, 0.1) is 11.3 Å². The van der Waals surface area contributed by atoms with Gasteiger partial charge in [-0.3, -0.25) is 4.21 Å². The van der Waals surface area contributed by atoms with Crippen molar-refractivity contribution in [1.82, 2.24) is 0 Å². The molecule has 0 bridgehead atoms. The van der Waals surface area contributed by atoms with Gasteiger partial charge in [0, 0.05) is 10.9 Å². The predicted octanol–water partition coefficient (Wildman–Crippen LogP) is 4.64. The smallest absolute Gasteiger partial charge is 0.0604 e. The summed E-state index contributed by atoms with van der Waals surface area (Å²) in [5, 5.41) is 0.914. The first-order chi connectivity index (χ1) is 9.70.